The van der Waals surface area contributed by atoms with Gasteiger partial charge in [-0.1, -0.05) is 55.8 Å². The summed E-state index contributed by atoms with van der Waals surface area (Å²) < 4.78 is 18.9. The Kier molecular flexibility index (Phi) is 5.42. The van der Waals surface area contributed by atoms with Crippen LogP contribution >= 0.6 is 22.9 Å². The number of benzene rings is 2. The lowest BCUT2D eigenvalue weighted by atomic mass is 10.0. The van der Waals surface area contributed by atoms with Crippen LogP contribution in [0.3, 0.4) is 0 Å². The highest BCUT2D eigenvalue weighted by Gasteiger charge is 2.20. The quantitative estimate of drug-likeness (QED) is 0.358. The lowest BCUT2D eigenvalue weighted by molar-refractivity contribution is 0.578. The number of fused-ring (bicyclic) bond motifs is 3. The fourth-order valence-corrected chi connectivity index (χ4v) is 4.95. The van der Waals surface area contributed by atoms with Crippen LogP contribution in [0, 0.1) is 5.82 Å². The maximum absolute atomic E-state index is 14.4. The average Bonchev–Trinajstić information content (AvgIpc) is 3.39. The predicted octanol–water partition coefficient (Wildman–Crippen LogP) is 4.88. The minimum absolute atomic E-state index is 0.144. The standard InChI is InChI=1S/C24H20ClFN4O2S/c1-14(2)16-8-6-15(7-9-16)12-28-22(31)21-20(10-11-33-21)30-23(28)27-29(24(30)32)13-17-18(25)4-3-5-19(17)26/h3-11,14H,12-13H2,1-2H3. The van der Waals surface area contributed by atoms with E-state index < -0.39 is 11.5 Å². The Morgan fingerprint density at radius 1 is 1.06 bits per heavy atom. The molecule has 0 atom stereocenters. The molecule has 0 N–H and O–H groups in total. The van der Waals surface area contributed by atoms with Gasteiger partial charge in [0.05, 0.1) is 18.6 Å². The van der Waals surface area contributed by atoms with E-state index in [4.69, 9.17) is 11.6 Å². The maximum Gasteiger partial charge on any atom is 0.352 e. The van der Waals surface area contributed by atoms with Gasteiger partial charge in [-0.3, -0.25) is 9.36 Å². The van der Waals surface area contributed by atoms with Crippen LogP contribution < -0.4 is 11.2 Å². The van der Waals surface area contributed by atoms with E-state index in [-0.39, 0.29) is 35.0 Å². The van der Waals surface area contributed by atoms with Gasteiger partial charge in [-0.15, -0.1) is 16.4 Å². The summed E-state index contributed by atoms with van der Waals surface area (Å²) in [5.74, 6) is 0.0847. The summed E-state index contributed by atoms with van der Waals surface area (Å²) in [6.07, 6.45) is 0. The highest BCUT2D eigenvalue weighted by molar-refractivity contribution is 7.17. The molecule has 0 bridgehead atoms. The molecule has 3 aromatic heterocycles. The van der Waals surface area contributed by atoms with E-state index in [1.165, 1.54) is 38.0 Å². The Morgan fingerprint density at radius 3 is 2.52 bits per heavy atom. The normalized spacial score (nSPS) is 11.8. The second kappa shape index (κ2) is 8.28. The van der Waals surface area contributed by atoms with Crippen molar-refractivity contribution in [1.29, 1.82) is 0 Å². The smallest absolute Gasteiger partial charge is 0.271 e. The fraction of sp³-hybridized carbons (Fsp3) is 0.208. The van der Waals surface area contributed by atoms with E-state index in [0.29, 0.717) is 16.1 Å². The molecule has 0 saturated heterocycles. The van der Waals surface area contributed by atoms with Gasteiger partial charge in [-0.2, -0.15) is 0 Å². The average molecular weight is 483 g/mol. The molecule has 0 fully saturated rings. The summed E-state index contributed by atoms with van der Waals surface area (Å²) in [6.45, 7) is 4.35. The molecule has 0 aliphatic heterocycles. The molecule has 0 aliphatic carbocycles. The largest absolute Gasteiger partial charge is 0.352 e. The van der Waals surface area contributed by atoms with Crippen molar-refractivity contribution in [3.8, 4) is 0 Å². The van der Waals surface area contributed by atoms with E-state index in [2.05, 4.69) is 18.9 Å². The Hall–Kier alpha value is -3.23. The zero-order chi connectivity index (χ0) is 23.3. The second-order valence-electron chi connectivity index (χ2n) is 8.20. The van der Waals surface area contributed by atoms with Crippen molar-refractivity contribution < 1.29 is 4.39 Å². The van der Waals surface area contributed by atoms with Gasteiger partial charge in [0, 0.05) is 10.6 Å². The minimum atomic E-state index is -0.519. The minimum Gasteiger partial charge on any atom is -0.271 e. The molecule has 33 heavy (non-hydrogen) atoms. The number of hydrogen-bond acceptors (Lipinski definition) is 4. The molecule has 0 saturated carbocycles. The third kappa shape index (κ3) is 3.69. The highest BCUT2D eigenvalue weighted by Crippen LogP contribution is 2.21. The van der Waals surface area contributed by atoms with Crippen LogP contribution in [0.4, 0.5) is 4.39 Å². The van der Waals surface area contributed by atoms with Crippen LogP contribution in [0.2, 0.25) is 5.02 Å². The number of nitrogens with zero attached hydrogens (tertiary/aromatic N) is 4. The second-order valence-corrected chi connectivity index (χ2v) is 9.52. The summed E-state index contributed by atoms with van der Waals surface area (Å²) in [5.41, 5.74) is 2.09. The molecule has 9 heteroatoms. The van der Waals surface area contributed by atoms with Gasteiger partial charge in [0.2, 0.25) is 5.78 Å². The van der Waals surface area contributed by atoms with Crippen molar-refractivity contribution in [2.45, 2.75) is 32.9 Å². The van der Waals surface area contributed by atoms with E-state index in [0.717, 1.165) is 10.2 Å². The fourth-order valence-electron chi connectivity index (χ4n) is 3.90. The number of thiophene rings is 1. The predicted molar refractivity (Wildman–Crippen MR) is 129 cm³/mol. The molecule has 0 aliphatic rings. The topological polar surface area (TPSA) is 61.3 Å². The Bertz CT molecular complexity index is 1590. The van der Waals surface area contributed by atoms with Gasteiger partial charge < -0.3 is 0 Å². The van der Waals surface area contributed by atoms with Crippen molar-refractivity contribution in [3.63, 3.8) is 0 Å². The summed E-state index contributed by atoms with van der Waals surface area (Å²) in [6, 6.07) is 14.1. The SMILES string of the molecule is CC(C)c1ccc(Cn2c(=O)c3sccc3n3c(=O)n(Cc4c(F)cccc4Cl)nc23)cc1. The Balaban J connectivity index is 1.69. The van der Waals surface area contributed by atoms with E-state index in [1.807, 2.05) is 24.3 Å². The van der Waals surface area contributed by atoms with Gasteiger partial charge in [0.25, 0.3) is 5.56 Å². The zero-order valence-electron chi connectivity index (χ0n) is 18.0. The van der Waals surface area contributed by atoms with Crippen LogP contribution in [0.25, 0.3) is 16.0 Å². The molecule has 0 spiro atoms. The van der Waals surface area contributed by atoms with Gasteiger partial charge >= 0.3 is 5.69 Å². The molecule has 5 rings (SSSR count). The molecule has 0 unspecified atom stereocenters. The number of halogens is 2. The molecule has 168 valence electrons. The van der Waals surface area contributed by atoms with Crippen LogP contribution in [-0.4, -0.2) is 18.7 Å². The molecule has 3 heterocycles. The molecule has 0 amide bonds. The first kappa shape index (κ1) is 21.6. The first-order chi connectivity index (χ1) is 15.8. The number of aromatic nitrogens is 4. The van der Waals surface area contributed by atoms with Crippen molar-refractivity contribution in [2.24, 2.45) is 0 Å². The van der Waals surface area contributed by atoms with Crippen LogP contribution in [0.1, 0.15) is 36.5 Å². The van der Waals surface area contributed by atoms with Gasteiger partial charge in [0.1, 0.15) is 10.5 Å². The van der Waals surface area contributed by atoms with E-state index in [9.17, 15) is 14.0 Å². The third-order valence-electron chi connectivity index (χ3n) is 5.75. The lowest BCUT2D eigenvalue weighted by Crippen LogP contribution is -2.26. The first-order valence-corrected chi connectivity index (χ1v) is 11.7. The molecule has 5 aromatic rings. The van der Waals surface area contributed by atoms with Crippen molar-refractivity contribution in [3.05, 3.63) is 102 Å². The number of rotatable bonds is 5. The van der Waals surface area contributed by atoms with Gasteiger partial charge in [-0.05, 0) is 40.6 Å². The van der Waals surface area contributed by atoms with Crippen LogP contribution in [-0.2, 0) is 13.1 Å². The maximum atomic E-state index is 14.4. The molecular formula is C24H20ClFN4O2S. The lowest BCUT2D eigenvalue weighted by Gasteiger charge is -2.10. The van der Waals surface area contributed by atoms with E-state index in [1.54, 1.807) is 17.5 Å². The summed E-state index contributed by atoms with van der Waals surface area (Å²) in [7, 11) is 0. The van der Waals surface area contributed by atoms with Crippen LogP contribution in [0.5, 0.6) is 0 Å². The van der Waals surface area contributed by atoms with Gasteiger partial charge in [0.15, 0.2) is 0 Å². The van der Waals surface area contributed by atoms with Crippen molar-refractivity contribution >= 4 is 38.9 Å². The molecule has 2 aromatic carbocycles. The van der Waals surface area contributed by atoms with Crippen molar-refractivity contribution in [2.75, 3.05) is 0 Å². The monoisotopic (exact) mass is 482 g/mol. The highest BCUT2D eigenvalue weighted by atomic mass is 35.5. The Morgan fingerprint density at radius 2 is 1.82 bits per heavy atom. The first-order valence-electron chi connectivity index (χ1n) is 10.5. The van der Waals surface area contributed by atoms with E-state index >= 15 is 0 Å². The summed E-state index contributed by atoms with van der Waals surface area (Å²) in [4.78, 5) is 26.6. The summed E-state index contributed by atoms with van der Waals surface area (Å²) in [5, 5.41) is 6.41. The number of hydrogen-bond donors (Lipinski definition) is 0. The van der Waals surface area contributed by atoms with Crippen LogP contribution in [0.15, 0.2) is 63.5 Å². The van der Waals surface area contributed by atoms with Gasteiger partial charge in [-0.25, -0.2) is 18.3 Å². The zero-order valence-corrected chi connectivity index (χ0v) is 19.5. The molecule has 0 radical (unpaired) electrons. The Labute approximate surface area is 197 Å². The summed E-state index contributed by atoms with van der Waals surface area (Å²) >= 11 is 7.44. The van der Waals surface area contributed by atoms with Crippen molar-refractivity contribution in [1.82, 2.24) is 18.7 Å². The third-order valence-corrected chi connectivity index (χ3v) is 6.99. The molecule has 6 nitrogen and oxygen atoms in total. The molecular weight excluding hydrogens is 463 g/mol.